The van der Waals surface area contributed by atoms with Crippen molar-refractivity contribution in [2.75, 3.05) is 6.54 Å². The van der Waals surface area contributed by atoms with Crippen LogP contribution in [0.25, 0.3) is 0 Å². The molecule has 1 saturated carbocycles. The molecule has 1 heterocycles. The minimum Gasteiger partial charge on any atom is -0.481 e. The van der Waals surface area contributed by atoms with E-state index in [-0.39, 0.29) is 35.6 Å². The minimum absolute atomic E-state index is 0.00194. The maximum Gasteiger partial charge on any atom is 0.416 e. The molecule has 2 amide bonds. The topological polar surface area (TPSA) is 99.1 Å². The van der Waals surface area contributed by atoms with E-state index in [1.165, 1.54) is 12.1 Å². The molecule has 10 heteroatoms. The second kappa shape index (κ2) is 13.3. The van der Waals surface area contributed by atoms with Gasteiger partial charge < -0.3 is 15.3 Å². The molecule has 0 saturated heterocycles. The standard InChI is InChI=1S/C35H44F3N3O4/c1-22(2)23-13-18-34(19-14-23)40-30(26-7-6-8-27(21-26)35(36,37)38)32(45)41(34)28(15-17-33(3,4)5)24-9-11-25(12-10-24)31(44)39-20-16-29(42)43/h6-12,21-23,28H,13-20H2,1-5H3,(H,39,44)(H,42,43). The Hall–Kier alpha value is -3.69. The summed E-state index contributed by atoms with van der Waals surface area (Å²) < 4.78 is 41.0. The smallest absolute Gasteiger partial charge is 0.416 e. The number of carbonyl (C=O) groups is 3. The van der Waals surface area contributed by atoms with Gasteiger partial charge in [-0.25, -0.2) is 0 Å². The molecule has 1 spiro atoms. The van der Waals surface area contributed by atoms with E-state index >= 15 is 0 Å². The number of carbonyl (C=O) groups excluding carboxylic acids is 2. The molecule has 4 rings (SSSR count). The molecular weight excluding hydrogens is 583 g/mol. The molecule has 1 fully saturated rings. The van der Waals surface area contributed by atoms with Crippen molar-refractivity contribution in [3.63, 3.8) is 0 Å². The predicted molar refractivity (Wildman–Crippen MR) is 167 cm³/mol. The number of hydrogen-bond acceptors (Lipinski definition) is 4. The third-order valence-corrected chi connectivity index (χ3v) is 9.09. The molecular formula is C35H44F3N3O4. The molecule has 2 aliphatic rings. The Morgan fingerprint density at radius 1 is 1.07 bits per heavy atom. The highest BCUT2D eigenvalue weighted by molar-refractivity contribution is 6.46. The van der Waals surface area contributed by atoms with Crippen LogP contribution in [0.5, 0.6) is 0 Å². The summed E-state index contributed by atoms with van der Waals surface area (Å²) in [5, 5.41) is 11.5. The first-order valence-electron chi connectivity index (χ1n) is 15.7. The fourth-order valence-electron chi connectivity index (χ4n) is 6.45. The average Bonchev–Trinajstić information content (AvgIpc) is 3.23. The Kier molecular flexibility index (Phi) is 10.1. The molecule has 1 aliphatic heterocycles. The normalized spacial score (nSPS) is 21.3. The Balaban J connectivity index is 1.75. The number of aliphatic carboxylic acids is 1. The highest BCUT2D eigenvalue weighted by atomic mass is 19.4. The van der Waals surface area contributed by atoms with E-state index in [4.69, 9.17) is 10.1 Å². The monoisotopic (exact) mass is 627 g/mol. The van der Waals surface area contributed by atoms with Gasteiger partial charge in [-0.2, -0.15) is 13.2 Å². The molecule has 0 radical (unpaired) electrons. The van der Waals surface area contributed by atoms with Gasteiger partial charge in [-0.15, -0.1) is 0 Å². The van der Waals surface area contributed by atoms with Crippen molar-refractivity contribution in [2.24, 2.45) is 22.2 Å². The summed E-state index contributed by atoms with van der Waals surface area (Å²) in [7, 11) is 0. The zero-order valence-electron chi connectivity index (χ0n) is 26.7. The van der Waals surface area contributed by atoms with Gasteiger partial charge in [0.2, 0.25) is 0 Å². The van der Waals surface area contributed by atoms with Crippen LogP contribution in [0.4, 0.5) is 13.2 Å². The van der Waals surface area contributed by atoms with Crippen molar-refractivity contribution >= 4 is 23.5 Å². The number of carboxylic acids is 1. The highest BCUT2D eigenvalue weighted by Gasteiger charge is 2.52. The fraction of sp³-hybridized carbons (Fsp3) is 0.543. The molecule has 2 aromatic carbocycles. The lowest BCUT2D eigenvalue weighted by atomic mass is 9.75. The number of nitrogens with one attached hydrogen (secondary N) is 1. The van der Waals surface area contributed by atoms with Crippen LogP contribution in [0.2, 0.25) is 0 Å². The molecule has 2 aromatic rings. The summed E-state index contributed by atoms with van der Waals surface area (Å²) >= 11 is 0. The molecule has 0 aromatic heterocycles. The quantitative estimate of drug-likeness (QED) is 0.283. The molecule has 7 nitrogen and oxygen atoms in total. The third kappa shape index (κ3) is 8.13. The minimum atomic E-state index is -4.55. The molecule has 45 heavy (non-hydrogen) atoms. The lowest BCUT2D eigenvalue weighted by molar-refractivity contribution is -0.138. The van der Waals surface area contributed by atoms with Crippen LogP contribution in [0.3, 0.4) is 0 Å². The van der Waals surface area contributed by atoms with Gasteiger partial charge in [0.05, 0.1) is 18.0 Å². The molecule has 0 bridgehead atoms. The van der Waals surface area contributed by atoms with Crippen LogP contribution in [0.1, 0.15) is 113 Å². The summed E-state index contributed by atoms with van der Waals surface area (Å²) in [6.07, 6.45) is -0.459. The number of aliphatic imine (C=N–C) groups is 1. The van der Waals surface area contributed by atoms with Gasteiger partial charge in [0.25, 0.3) is 11.8 Å². The zero-order chi connectivity index (χ0) is 33.2. The van der Waals surface area contributed by atoms with Gasteiger partial charge in [0.1, 0.15) is 11.4 Å². The number of halogens is 3. The van der Waals surface area contributed by atoms with Gasteiger partial charge in [-0.3, -0.25) is 19.4 Å². The van der Waals surface area contributed by atoms with Crippen molar-refractivity contribution < 1.29 is 32.7 Å². The van der Waals surface area contributed by atoms with E-state index in [2.05, 4.69) is 39.9 Å². The lowest BCUT2D eigenvalue weighted by Crippen LogP contribution is -2.51. The molecule has 244 valence electrons. The zero-order valence-corrected chi connectivity index (χ0v) is 26.7. The van der Waals surface area contributed by atoms with Crippen LogP contribution >= 0.6 is 0 Å². The van der Waals surface area contributed by atoms with Gasteiger partial charge in [0.15, 0.2) is 0 Å². The highest BCUT2D eigenvalue weighted by Crippen LogP contribution is 2.48. The van der Waals surface area contributed by atoms with Crippen molar-refractivity contribution in [1.29, 1.82) is 0 Å². The van der Waals surface area contributed by atoms with E-state index in [9.17, 15) is 27.6 Å². The SMILES string of the molecule is CC(C)C1CCC2(CC1)N=C(c1cccc(C(F)(F)F)c1)C(=O)N2C(CCC(C)(C)C)c1ccc(C(=O)NCCC(=O)O)cc1. The fourth-order valence-corrected chi connectivity index (χ4v) is 6.45. The lowest BCUT2D eigenvalue weighted by Gasteiger charge is -2.46. The van der Waals surface area contributed by atoms with E-state index in [1.807, 2.05) is 17.0 Å². The number of amides is 2. The first kappa shape index (κ1) is 34.2. The number of alkyl halides is 3. The van der Waals surface area contributed by atoms with Crippen LogP contribution in [-0.4, -0.2) is 45.7 Å². The van der Waals surface area contributed by atoms with Crippen molar-refractivity contribution in [3.8, 4) is 0 Å². The maximum absolute atomic E-state index is 14.4. The van der Waals surface area contributed by atoms with Crippen molar-refractivity contribution in [1.82, 2.24) is 10.2 Å². The summed E-state index contributed by atoms with van der Waals surface area (Å²) in [6.45, 7) is 10.7. The third-order valence-electron chi connectivity index (χ3n) is 9.09. The van der Waals surface area contributed by atoms with Gasteiger partial charge in [-0.1, -0.05) is 58.9 Å². The molecule has 2 N–H and O–H groups in total. The summed E-state index contributed by atoms with van der Waals surface area (Å²) in [6, 6.07) is 11.3. The summed E-state index contributed by atoms with van der Waals surface area (Å²) in [4.78, 5) is 44.8. The van der Waals surface area contributed by atoms with Crippen molar-refractivity contribution in [3.05, 3.63) is 70.8 Å². The second-order valence-electron chi connectivity index (χ2n) is 13.9. The van der Waals surface area contributed by atoms with E-state index in [0.29, 0.717) is 36.7 Å². The first-order chi connectivity index (χ1) is 21.0. The van der Waals surface area contributed by atoms with Crippen LogP contribution < -0.4 is 5.32 Å². The Morgan fingerprint density at radius 2 is 1.71 bits per heavy atom. The molecule has 1 unspecified atom stereocenters. The molecule has 1 aliphatic carbocycles. The Bertz CT molecular complexity index is 1420. The van der Waals surface area contributed by atoms with Crippen LogP contribution in [0, 0.1) is 17.3 Å². The first-order valence-corrected chi connectivity index (χ1v) is 15.7. The summed E-state index contributed by atoms with van der Waals surface area (Å²) in [5.74, 6) is -0.861. The van der Waals surface area contributed by atoms with Crippen molar-refractivity contribution in [2.45, 2.75) is 97.4 Å². The number of carboxylic acid groups (broad SMARTS) is 1. The maximum atomic E-state index is 14.4. The van der Waals surface area contributed by atoms with Gasteiger partial charge in [0, 0.05) is 17.7 Å². The summed E-state index contributed by atoms with van der Waals surface area (Å²) in [5.41, 5.74) is -0.391. The second-order valence-corrected chi connectivity index (χ2v) is 13.9. The van der Waals surface area contributed by atoms with Crippen LogP contribution in [-0.2, 0) is 15.8 Å². The Labute approximate surface area is 263 Å². The number of benzene rings is 2. The van der Waals surface area contributed by atoms with Crippen LogP contribution in [0.15, 0.2) is 53.5 Å². The molecule has 1 atom stereocenters. The van der Waals surface area contributed by atoms with E-state index in [0.717, 1.165) is 37.0 Å². The van der Waals surface area contributed by atoms with E-state index in [1.54, 1.807) is 12.1 Å². The average molecular weight is 628 g/mol. The van der Waals surface area contributed by atoms with Gasteiger partial charge >= 0.3 is 12.1 Å². The largest absolute Gasteiger partial charge is 0.481 e. The number of rotatable bonds is 10. The van der Waals surface area contributed by atoms with Gasteiger partial charge in [-0.05, 0) is 85.6 Å². The number of hydrogen-bond donors (Lipinski definition) is 2. The number of nitrogens with zero attached hydrogens (tertiary/aromatic N) is 2. The Morgan fingerprint density at radius 3 is 2.27 bits per heavy atom. The van der Waals surface area contributed by atoms with E-state index < -0.39 is 35.3 Å². The predicted octanol–water partition coefficient (Wildman–Crippen LogP) is 7.65.